The summed E-state index contributed by atoms with van der Waals surface area (Å²) in [5.41, 5.74) is 7.38. The second-order valence-corrected chi connectivity index (χ2v) is 3.34. The van der Waals surface area contributed by atoms with E-state index in [-0.39, 0.29) is 0 Å². The first kappa shape index (κ1) is 8.09. The predicted molar refractivity (Wildman–Crippen MR) is 51.2 cm³/mol. The van der Waals surface area contributed by atoms with Crippen molar-refractivity contribution in [2.45, 2.75) is 18.5 Å². The fourth-order valence-corrected chi connectivity index (χ4v) is 1.24. The maximum Gasteiger partial charge on any atom is 0.0991 e. The highest BCUT2D eigenvalue weighted by molar-refractivity contribution is 5.49. The van der Waals surface area contributed by atoms with Gasteiger partial charge in [0.1, 0.15) is 0 Å². The fraction of sp³-hybridized carbons (Fsp3) is 0.300. The zero-order valence-electron chi connectivity index (χ0n) is 7.20. The molecule has 1 saturated carbocycles. The quantitative estimate of drug-likeness (QED) is 0.703. The summed E-state index contributed by atoms with van der Waals surface area (Å²) in [5.74, 6) is 0. The molecule has 2 atom stereocenters. The highest BCUT2D eigenvalue weighted by atomic mass is 15.0. The molecule has 3 N–H and O–H groups in total. The highest BCUT2D eigenvalue weighted by Gasteiger charge is 2.32. The molecule has 0 radical (unpaired) electrons. The van der Waals surface area contributed by atoms with E-state index >= 15 is 0 Å². The summed E-state index contributed by atoms with van der Waals surface area (Å²) in [5, 5.41) is 11.9. The van der Waals surface area contributed by atoms with Crippen molar-refractivity contribution in [2.24, 2.45) is 5.73 Å². The number of nitrogens with two attached hydrogens (primary N) is 1. The Morgan fingerprint density at radius 2 is 2.00 bits per heavy atom. The van der Waals surface area contributed by atoms with Crippen LogP contribution < -0.4 is 11.1 Å². The molecule has 0 amide bonds. The van der Waals surface area contributed by atoms with Crippen LogP contribution in [0, 0.1) is 11.3 Å². The van der Waals surface area contributed by atoms with Crippen LogP contribution in [0.3, 0.4) is 0 Å². The molecule has 1 aliphatic carbocycles. The number of hydrogen-bond acceptors (Lipinski definition) is 3. The monoisotopic (exact) mass is 173 g/mol. The van der Waals surface area contributed by atoms with Crippen LogP contribution in [0.2, 0.25) is 0 Å². The fourth-order valence-electron chi connectivity index (χ4n) is 1.24. The third kappa shape index (κ3) is 1.79. The van der Waals surface area contributed by atoms with Gasteiger partial charge < -0.3 is 11.1 Å². The lowest BCUT2D eigenvalue weighted by Gasteiger charge is -2.03. The maximum atomic E-state index is 8.57. The first-order valence-corrected chi connectivity index (χ1v) is 4.32. The minimum atomic E-state index is 0.302. The predicted octanol–water partition coefficient (Wildman–Crippen LogP) is 1.07. The molecule has 1 fully saturated rings. The molecule has 0 aromatic heterocycles. The first-order chi connectivity index (χ1) is 6.29. The molecule has 1 aromatic rings. The van der Waals surface area contributed by atoms with Crippen molar-refractivity contribution in [3.05, 3.63) is 29.8 Å². The van der Waals surface area contributed by atoms with Crippen LogP contribution in [0.15, 0.2) is 24.3 Å². The normalized spacial score (nSPS) is 24.9. The summed E-state index contributed by atoms with van der Waals surface area (Å²) in [6.45, 7) is 0. The van der Waals surface area contributed by atoms with Crippen molar-refractivity contribution in [1.82, 2.24) is 0 Å². The van der Waals surface area contributed by atoms with Crippen molar-refractivity contribution in [3.63, 3.8) is 0 Å². The third-order valence-electron chi connectivity index (χ3n) is 2.21. The molecule has 0 saturated heterocycles. The lowest BCUT2D eigenvalue weighted by Crippen LogP contribution is -2.12. The Kier molecular flexibility index (Phi) is 1.91. The van der Waals surface area contributed by atoms with E-state index in [4.69, 9.17) is 11.0 Å². The third-order valence-corrected chi connectivity index (χ3v) is 2.21. The van der Waals surface area contributed by atoms with Crippen LogP contribution in [-0.4, -0.2) is 12.1 Å². The van der Waals surface area contributed by atoms with Crippen LogP contribution in [-0.2, 0) is 0 Å². The molecule has 0 bridgehead atoms. The standard InChI is InChI=1S/C10H11N3/c11-6-7-1-3-8(4-2-7)13-10-5-9(10)12/h1-4,9-10,13H,5,12H2. The van der Waals surface area contributed by atoms with Gasteiger partial charge in [0.2, 0.25) is 0 Å². The Morgan fingerprint density at radius 1 is 1.38 bits per heavy atom. The second kappa shape index (κ2) is 3.08. The van der Waals surface area contributed by atoms with Gasteiger partial charge in [-0.3, -0.25) is 0 Å². The average molecular weight is 173 g/mol. The Labute approximate surface area is 77.2 Å². The number of nitriles is 1. The molecule has 3 heteroatoms. The van der Waals surface area contributed by atoms with Gasteiger partial charge in [-0.1, -0.05) is 0 Å². The van der Waals surface area contributed by atoms with E-state index in [2.05, 4.69) is 11.4 Å². The van der Waals surface area contributed by atoms with E-state index in [9.17, 15) is 0 Å². The summed E-state index contributed by atoms with van der Waals surface area (Å²) >= 11 is 0. The molecule has 13 heavy (non-hydrogen) atoms. The number of nitrogens with zero attached hydrogens (tertiary/aromatic N) is 1. The number of benzene rings is 1. The van der Waals surface area contributed by atoms with E-state index < -0.39 is 0 Å². The van der Waals surface area contributed by atoms with Crippen molar-refractivity contribution in [3.8, 4) is 6.07 Å². The van der Waals surface area contributed by atoms with E-state index in [1.165, 1.54) is 0 Å². The van der Waals surface area contributed by atoms with Gasteiger partial charge >= 0.3 is 0 Å². The van der Waals surface area contributed by atoms with E-state index in [0.29, 0.717) is 17.6 Å². The van der Waals surface area contributed by atoms with Crippen LogP contribution in [0.4, 0.5) is 5.69 Å². The lowest BCUT2D eigenvalue weighted by atomic mass is 10.2. The molecule has 3 nitrogen and oxygen atoms in total. The van der Waals surface area contributed by atoms with Crippen molar-refractivity contribution < 1.29 is 0 Å². The topological polar surface area (TPSA) is 61.8 Å². The number of hydrogen-bond donors (Lipinski definition) is 2. The molecular weight excluding hydrogens is 162 g/mol. The Balaban J connectivity index is 2.02. The maximum absolute atomic E-state index is 8.57. The van der Waals surface area contributed by atoms with Gasteiger partial charge in [0.15, 0.2) is 0 Å². The summed E-state index contributed by atoms with van der Waals surface area (Å²) in [4.78, 5) is 0. The Bertz CT molecular complexity index is 336. The molecule has 2 rings (SSSR count). The van der Waals surface area contributed by atoms with Crippen molar-refractivity contribution in [2.75, 3.05) is 5.32 Å². The smallest absolute Gasteiger partial charge is 0.0991 e. The van der Waals surface area contributed by atoms with Crippen LogP contribution in [0.5, 0.6) is 0 Å². The number of anilines is 1. The molecule has 2 unspecified atom stereocenters. The molecule has 1 aliphatic rings. The van der Waals surface area contributed by atoms with Gasteiger partial charge in [0.25, 0.3) is 0 Å². The SMILES string of the molecule is N#Cc1ccc(NC2CC2N)cc1. The minimum Gasteiger partial charge on any atom is -0.381 e. The molecule has 0 spiro atoms. The van der Waals surface area contributed by atoms with Crippen LogP contribution >= 0.6 is 0 Å². The van der Waals surface area contributed by atoms with Crippen molar-refractivity contribution >= 4 is 5.69 Å². The highest BCUT2D eigenvalue weighted by Crippen LogP contribution is 2.23. The largest absolute Gasteiger partial charge is 0.381 e. The second-order valence-electron chi connectivity index (χ2n) is 3.34. The first-order valence-electron chi connectivity index (χ1n) is 4.32. The molecule has 66 valence electrons. The van der Waals surface area contributed by atoms with Crippen LogP contribution in [0.1, 0.15) is 12.0 Å². The molecular formula is C10H11N3. The molecule has 0 heterocycles. The van der Waals surface area contributed by atoms with Gasteiger partial charge in [-0.2, -0.15) is 5.26 Å². The van der Waals surface area contributed by atoms with E-state index in [1.54, 1.807) is 12.1 Å². The summed E-state index contributed by atoms with van der Waals surface area (Å²) < 4.78 is 0. The zero-order chi connectivity index (χ0) is 9.26. The zero-order valence-corrected chi connectivity index (χ0v) is 7.20. The molecule has 1 aromatic carbocycles. The van der Waals surface area contributed by atoms with Crippen molar-refractivity contribution in [1.29, 1.82) is 5.26 Å². The summed E-state index contributed by atoms with van der Waals surface area (Å²) in [6, 6.07) is 10.2. The Hall–Kier alpha value is -1.53. The van der Waals surface area contributed by atoms with E-state index in [1.807, 2.05) is 12.1 Å². The minimum absolute atomic E-state index is 0.302. The number of rotatable bonds is 2. The summed E-state index contributed by atoms with van der Waals surface area (Å²) in [6.07, 6.45) is 1.04. The average Bonchev–Trinajstić information content (AvgIpc) is 2.83. The van der Waals surface area contributed by atoms with E-state index in [0.717, 1.165) is 12.1 Å². The van der Waals surface area contributed by atoms with Gasteiger partial charge in [0.05, 0.1) is 11.6 Å². The van der Waals surface area contributed by atoms with Gasteiger partial charge in [0, 0.05) is 17.8 Å². The van der Waals surface area contributed by atoms with Gasteiger partial charge in [-0.25, -0.2) is 0 Å². The van der Waals surface area contributed by atoms with Gasteiger partial charge in [-0.05, 0) is 30.7 Å². The summed E-state index contributed by atoms with van der Waals surface area (Å²) in [7, 11) is 0. The van der Waals surface area contributed by atoms with Gasteiger partial charge in [-0.15, -0.1) is 0 Å². The number of nitrogens with one attached hydrogen (secondary N) is 1. The lowest BCUT2D eigenvalue weighted by molar-refractivity contribution is 1.01. The molecule has 0 aliphatic heterocycles. The van der Waals surface area contributed by atoms with Crippen LogP contribution in [0.25, 0.3) is 0 Å². The Morgan fingerprint density at radius 3 is 2.46 bits per heavy atom.